The fraction of sp³-hybridized carbons (Fsp3) is 0.500. The van der Waals surface area contributed by atoms with E-state index in [2.05, 4.69) is 0 Å². The smallest absolute Gasteiger partial charge is 0.151 e. The van der Waals surface area contributed by atoms with Crippen LogP contribution in [-0.4, -0.2) is 55.2 Å². The number of nitrogens with zero attached hydrogens (tertiary/aromatic N) is 1. The summed E-state index contributed by atoms with van der Waals surface area (Å²) in [6.45, 7) is 5.00. The van der Waals surface area contributed by atoms with Crippen molar-refractivity contribution in [2.45, 2.75) is 39.0 Å². The Morgan fingerprint density at radius 2 is 2.11 bits per heavy atom. The van der Waals surface area contributed by atoms with Crippen LogP contribution < -0.4 is 4.74 Å². The van der Waals surface area contributed by atoms with E-state index in [0.717, 1.165) is 17.1 Å². The van der Waals surface area contributed by atoms with Gasteiger partial charge in [0.1, 0.15) is 24.2 Å². The summed E-state index contributed by atoms with van der Waals surface area (Å²) >= 11 is 0. The molecule has 0 spiro atoms. The summed E-state index contributed by atoms with van der Waals surface area (Å²) in [6.07, 6.45) is 1.44. The lowest BCUT2D eigenvalue weighted by Gasteiger charge is -2.29. The Balaban J connectivity index is 1.61. The van der Waals surface area contributed by atoms with Crippen molar-refractivity contribution in [1.82, 2.24) is 4.90 Å². The second-order valence-corrected chi connectivity index (χ2v) is 9.51. The molecule has 0 bridgehead atoms. The van der Waals surface area contributed by atoms with Gasteiger partial charge in [0.25, 0.3) is 0 Å². The summed E-state index contributed by atoms with van der Waals surface area (Å²) in [4.78, 5) is 1.98. The summed E-state index contributed by atoms with van der Waals surface area (Å²) in [5.41, 5.74) is 2.33. The van der Waals surface area contributed by atoms with Gasteiger partial charge in [-0.1, -0.05) is 6.07 Å². The third kappa shape index (κ3) is 5.57. The molecule has 0 saturated carbocycles. The Hall–Kier alpha value is -1.83. The van der Waals surface area contributed by atoms with Gasteiger partial charge < -0.3 is 14.3 Å². The number of aryl methyl sites for hydroxylation is 2. The van der Waals surface area contributed by atoms with E-state index in [1.54, 1.807) is 12.3 Å². The molecule has 7 heteroatoms. The second kappa shape index (κ2) is 8.46. The zero-order valence-electron chi connectivity index (χ0n) is 15.8. The molecule has 2 unspecified atom stereocenters. The predicted octanol–water partition coefficient (Wildman–Crippen LogP) is 2.33. The molecular formula is C20H27NO5S. The van der Waals surface area contributed by atoms with Gasteiger partial charge >= 0.3 is 0 Å². The zero-order valence-corrected chi connectivity index (χ0v) is 16.6. The van der Waals surface area contributed by atoms with Gasteiger partial charge in [-0.05, 0) is 55.7 Å². The average Bonchev–Trinajstić information content (AvgIpc) is 3.24. The Labute approximate surface area is 160 Å². The van der Waals surface area contributed by atoms with Crippen LogP contribution in [0.15, 0.2) is 41.0 Å². The lowest BCUT2D eigenvalue weighted by Crippen LogP contribution is -2.42. The van der Waals surface area contributed by atoms with Crippen LogP contribution in [0.3, 0.4) is 0 Å². The standard InChI is InChI=1S/C20H27NO5S/c1-15-5-6-19(10-16(15)2)26-13-18(22)11-21(12-20-4-3-8-25-20)17-7-9-27(23,24)14-17/h3-6,8,10,17-18,22H,7,9,11-14H2,1-2H3. The minimum atomic E-state index is -3.00. The number of ether oxygens (including phenoxy) is 1. The van der Waals surface area contributed by atoms with Crippen molar-refractivity contribution in [2.24, 2.45) is 0 Å². The van der Waals surface area contributed by atoms with E-state index in [4.69, 9.17) is 9.15 Å². The van der Waals surface area contributed by atoms with Crippen LogP contribution >= 0.6 is 0 Å². The summed E-state index contributed by atoms with van der Waals surface area (Å²) in [6, 6.07) is 9.37. The number of aliphatic hydroxyl groups is 1. The average molecular weight is 394 g/mol. The van der Waals surface area contributed by atoms with E-state index in [9.17, 15) is 13.5 Å². The van der Waals surface area contributed by atoms with Crippen LogP contribution in [-0.2, 0) is 16.4 Å². The molecule has 6 nitrogen and oxygen atoms in total. The van der Waals surface area contributed by atoms with Crippen LogP contribution in [0.5, 0.6) is 5.75 Å². The van der Waals surface area contributed by atoms with E-state index in [1.807, 2.05) is 43.0 Å². The van der Waals surface area contributed by atoms with Crippen molar-refractivity contribution in [3.8, 4) is 5.75 Å². The Morgan fingerprint density at radius 1 is 1.30 bits per heavy atom. The lowest BCUT2D eigenvalue weighted by atomic mass is 10.1. The molecule has 1 aromatic carbocycles. The number of aliphatic hydroxyl groups excluding tert-OH is 1. The van der Waals surface area contributed by atoms with Gasteiger partial charge in [-0.25, -0.2) is 8.42 Å². The third-order valence-corrected chi connectivity index (χ3v) is 6.78. The minimum Gasteiger partial charge on any atom is -0.491 e. The third-order valence-electron chi connectivity index (χ3n) is 5.03. The lowest BCUT2D eigenvalue weighted by molar-refractivity contribution is 0.0497. The first-order chi connectivity index (χ1) is 12.8. The normalized spacial score (nSPS) is 20.1. The Morgan fingerprint density at radius 3 is 2.74 bits per heavy atom. The monoisotopic (exact) mass is 393 g/mol. The van der Waals surface area contributed by atoms with Crippen molar-refractivity contribution in [3.63, 3.8) is 0 Å². The number of sulfone groups is 1. The van der Waals surface area contributed by atoms with Crippen molar-refractivity contribution in [2.75, 3.05) is 24.7 Å². The van der Waals surface area contributed by atoms with E-state index in [-0.39, 0.29) is 24.2 Å². The number of furan rings is 1. The summed E-state index contributed by atoms with van der Waals surface area (Å²) < 4.78 is 34.9. The van der Waals surface area contributed by atoms with Crippen molar-refractivity contribution in [3.05, 3.63) is 53.5 Å². The summed E-state index contributed by atoms with van der Waals surface area (Å²) in [5.74, 6) is 1.79. The topological polar surface area (TPSA) is 80.0 Å². The van der Waals surface area contributed by atoms with Crippen molar-refractivity contribution >= 4 is 9.84 Å². The van der Waals surface area contributed by atoms with E-state index in [0.29, 0.717) is 19.5 Å². The molecule has 0 radical (unpaired) electrons. The Bertz CT molecular complexity index is 847. The maximum Gasteiger partial charge on any atom is 0.151 e. The van der Waals surface area contributed by atoms with Gasteiger partial charge in [0.15, 0.2) is 9.84 Å². The largest absolute Gasteiger partial charge is 0.491 e. The molecule has 2 aromatic rings. The highest BCUT2D eigenvalue weighted by Gasteiger charge is 2.33. The fourth-order valence-electron chi connectivity index (χ4n) is 3.33. The molecule has 2 heterocycles. The molecule has 3 rings (SSSR count). The first kappa shape index (κ1) is 19.9. The second-order valence-electron chi connectivity index (χ2n) is 7.28. The maximum atomic E-state index is 11.9. The maximum absolute atomic E-state index is 11.9. The van der Waals surface area contributed by atoms with Gasteiger partial charge in [-0.2, -0.15) is 0 Å². The predicted molar refractivity (Wildman–Crippen MR) is 104 cm³/mol. The highest BCUT2D eigenvalue weighted by molar-refractivity contribution is 7.91. The van der Waals surface area contributed by atoms with Gasteiger partial charge in [0.2, 0.25) is 0 Å². The molecule has 0 aliphatic carbocycles. The van der Waals surface area contributed by atoms with Crippen LogP contribution in [0.4, 0.5) is 0 Å². The number of hydrogen-bond acceptors (Lipinski definition) is 6. The van der Waals surface area contributed by atoms with E-state index >= 15 is 0 Å². The van der Waals surface area contributed by atoms with Gasteiger partial charge in [-0.3, -0.25) is 4.90 Å². The van der Waals surface area contributed by atoms with Crippen molar-refractivity contribution in [1.29, 1.82) is 0 Å². The quantitative estimate of drug-likeness (QED) is 0.741. The molecule has 1 aliphatic rings. The SMILES string of the molecule is Cc1ccc(OCC(O)CN(Cc2ccco2)C2CCS(=O)(=O)C2)cc1C. The highest BCUT2D eigenvalue weighted by atomic mass is 32.2. The van der Waals surface area contributed by atoms with E-state index < -0.39 is 15.9 Å². The van der Waals surface area contributed by atoms with Gasteiger partial charge in [0, 0.05) is 12.6 Å². The number of hydrogen-bond donors (Lipinski definition) is 1. The molecule has 1 N–H and O–H groups in total. The molecule has 1 fully saturated rings. The zero-order chi connectivity index (χ0) is 19.4. The first-order valence-electron chi connectivity index (χ1n) is 9.17. The summed E-state index contributed by atoms with van der Waals surface area (Å²) in [5, 5.41) is 10.5. The van der Waals surface area contributed by atoms with Gasteiger partial charge in [0.05, 0.1) is 24.3 Å². The van der Waals surface area contributed by atoms with Crippen LogP contribution in [0.2, 0.25) is 0 Å². The van der Waals surface area contributed by atoms with E-state index in [1.165, 1.54) is 5.56 Å². The molecule has 1 aliphatic heterocycles. The van der Waals surface area contributed by atoms with Gasteiger partial charge in [-0.15, -0.1) is 0 Å². The molecule has 1 aromatic heterocycles. The molecule has 0 amide bonds. The Kier molecular flexibility index (Phi) is 6.24. The fourth-order valence-corrected chi connectivity index (χ4v) is 5.09. The molecule has 2 atom stereocenters. The van der Waals surface area contributed by atoms with Crippen LogP contribution in [0.25, 0.3) is 0 Å². The number of benzene rings is 1. The van der Waals surface area contributed by atoms with Crippen LogP contribution in [0.1, 0.15) is 23.3 Å². The molecule has 1 saturated heterocycles. The minimum absolute atomic E-state index is 0.114. The highest BCUT2D eigenvalue weighted by Crippen LogP contribution is 2.21. The number of rotatable bonds is 8. The van der Waals surface area contributed by atoms with Crippen LogP contribution in [0, 0.1) is 13.8 Å². The van der Waals surface area contributed by atoms with Crippen molar-refractivity contribution < 1.29 is 22.7 Å². The summed E-state index contributed by atoms with van der Waals surface area (Å²) in [7, 11) is -3.00. The molecule has 27 heavy (non-hydrogen) atoms. The molecular weight excluding hydrogens is 366 g/mol. The molecule has 148 valence electrons. The first-order valence-corrected chi connectivity index (χ1v) is 11.0.